The van der Waals surface area contributed by atoms with Crippen molar-refractivity contribution >= 4 is 22.9 Å². The summed E-state index contributed by atoms with van der Waals surface area (Å²) in [6.45, 7) is 2.54. The fourth-order valence-electron chi connectivity index (χ4n) is 1.75. The van der Waals surface area contributed by atoms with Crippen molar-refractivity contribution in [1.82, 2.24) is 8.59 Å². The number of rotatable bonds is 4. The summed E-state index contributed by atoms with van der Waals surface area (Å²) in [5.41, 5.74) is 10.7. The molecule has 14 heavy (non-hydrogen) atoms. The van der Waals surface area contributed by atoms with Crippen molar-refractivity contribution < 1.29 is 4.84 Å². The normalized spacial score (nSPS) is 33.6. The molecule has 0 aliphatic heterocycles. The Hall–Kier alpha value is 0.570. The molecule has 84 valence electrons. The molecule has 2 unspecified atom stereocenters. The first-order valence-electron chi connectivity index (χ1n) is 5.01. The van der Waals surface area contributed by atoms with Gasteiger partial charge in [0.25, 0.3) is 0 Å². The zero-order valence-electron chi connectivity index (χ0n) is 8.85. The van der Waals surface area contributed by atoms with Crippen molar-refractivity contribution in [2.75, 3.05) is 13.8 Å². The van der Waals surface area contributed by atoms with Crippen molar-refractivity contribution in [3.05, 3.63) is 5.73 Å². The van der Waals surface area contributed by atoms with E-state index in [0.717, 1.165) is 12.8 Å². The monoisotopic (exact) mass is 312 g/mol. The lowest BCUT2D eigenvalue weighted by Crippen LogP contribution is -2.48. The first-order chi connectivity index (χ1) is 6.52. The van der Waals surface area contributed by atoms with E-state index in [-0.39, 0.29) is 11.6 Å². The Kier molecular flexibility index (Phi) is 5.05. The summed E-state index contributed by atoms with van der Waals surface area (Å²) < 4.78 is 1.93. The maximum absolute atomic E-state index is 8.11. The van der Waals surface area contributed by atoms with E-state index in [1.165, 1.54) is 12.8 Å². The van der Waals surface area contributed by atoms with Crippen molar-refractivity contribution in [3.63, 3.8) is 0 Å². The van der Waals surface area contributed by atoms with Crippen LogP contribution in [0, 0.1) is 0 Å². The highest BCUT2D eigenvalue weighted by Gasteiger charge is 2.26. The lowest BCUT2D eigenvalue weighted by atomic mass is 9.80. The minimum atomic E-state index is -0.373. The van der Waals surface area contributed by atoms with Gasteiger partial charge in [-0.25, -0.2) is 3.11 Å². The lowest BCUT2D eigenvalue weighted by Gasteiger charge is -2.46. The Morgan fingerprint density at radius 3 is 2.93 bits per heavy atom. The van der Waals surface area contributed by atoms with Gasteiger partial charge in [0.2, 0.25) is 0 Å². The van der Waals surface area contributed by atoms with Crippen LogP contribution in [0.5, 0.6) is 0 Å². The van der Waals surface area contributed by atoms with Crippen LogP contribution in [0.3, 0.4) is 0 Å². The second-order valence-electron chi connectivity index (χ2n) is 4.21. The van der Waals surface area contributed by atoms with Gasteiger partial charge in [0.05, 0.1) is 0 Å². The highest BCUT2D eigenvalue weighted by Crippen LogP contribution is 2.30. The van der Waals surface area contributed by atoms with Crippen LogP contribution in [0.2, 0.25) is 0 Å². The molecule has 2 atom stereocenters. The number of hydrogen-bond acceptors (Lipinski definition) is 3. The van der Waals surface area contributed by atoms with Gasteiger partial charge < -0.3 is 5.73 Å². The molecule has 1 aliphatic carbocycles. The van der Waals surface area contributed by atoms with E-state index >= 15 is 0 Å². The standard InChI is InChI=1S/C9H19IN3O/c1-9(11)6-4-3-5-8(9)12-14-7-13(2)10/h8,11-12H,3-7H2,1-2H3/q-1. The maximum atomic E-state index is 8.11. The van der Waals surface area contributed by atoms with Crippen molar-refractivity contribution in [2.45, 2.75) is 44.2 Å². The summed E-state index contributed by atoms with van der Waals surface area (Å²) in [5, 5.41) is 0. The van der Waals surface area contributed by atoms with Crippen LogP contribution in [-0.2, 0) is 4.84 Å². The van der Waals surface area contributed by atoms with E-state index < -0.39 is 0 Å². The first kappa shape index (κ1) is 12.6. The highest BCUT2D eigenvalue weighted by atomic mass is 127. The quantitative estimate of drug-likeness (QED) is 0.375. The molecule has 4 nitrogen and oxygen atoms in total. The summed E-state index contributed by atoms with van der Waals surface area (Å²) >= 11 is 2.17. The van der Waals surface area contributed by atoms with Crippen LogP contribution in [0.25, 0.3) is 5.73 Å². The third kappa shape index (κ3) is 3.98. The molecular formula is C9H19IN3O-. The van der Waals surface area contributed by atoms with Gasteiger partial charge in [0, 0.05) is 28.9 Å². The molecule has 0 aromatic carbocycles. The van der Waals surface area contributed by atoms with Gasteiger partial charge in [-0.05, 0) is 13.5 Å². The zero-order chi connectivity index (χ0) is 10.6. The smallest absolute Gasteiger partial charge is 0.129 e. The molecule has 0 amide bonds. The predicted molar refractivity (Wildman–Crippen MR) is 65.9 cm³/mol. The number of halogens is 1. The van der Waals surface area contributed by atoms with Crippen LogP contribution in [0.4, 0.5) is 0 Å². The topological polar surface area (TPSA) is 48.3 Å². The van der Waals surface area contributed by atoms with Gasteiger partial charge in [0.1, 0.15) is 6.73 Å². The fraction of sp³-hybridized carbons (Fsp3) is 1.00. The van der Waals surface area contributed by atoms with Crippen molar-refractivity contribution in [1.29, 1.82) is 0 Å². The summed E-state index contributed by atoms with van der Waals surface area (Å²) in [5.74, 6) is 0. The van der Waals surface area contributed by atoms with Crippen LogP contribution >= 0.6 is 22.9 Å². The zero-order valence-corrected chi connectivity index (χ0v) is 11.0. The molecule has 1 saturated carbocycles. The highest BCUT2D eigenvalue weighted by molar-refractivity contribution is 14.1. The van der Waals surface area contributed by atoms with Gasteiger partial charge in [0.15, 0.2) is 0 Å². The minimum Gasteiger partial charge on any atom is -0.671 e. The van der Waals surface area contributed by atoms with E-state index in [2.05, 4.69) is 28.3 Å². The largest absolute Gasteiger partial charge is 0.671 e. The Morgan fingerprint density at radius 2 is 2.36 bits per heavy atom. The third-order valence-corrected chi connectivity index (χ3v) is 2.95. The van der Waals surface area contributed by atoms with Crippen LogP contribution < -0.4 is 5.48 Å². The van der Waals surface area contributed by atoms with Crippen LogP contribution in [-0.4, -0.2) is 28.5 Å². The van der Waals surface area contributed by atoms with Gasteiger partial charge in [-0.2, -0.15) is 5.48 Å². The van der Waals surface area contributed by atoms with E-state index in [1.54, 1.807) is 0 Å². The molecule has 1 aliphatic rings. The van der Waals surface area contributed by atoms with E-state index in [1.807, 2.05) is 17.1 Å². The molecule has 0 saturated heterocycles. The van der Waals surface area contributed by atoms with Gasteiger partial charge in [-0.1, -0.05) is 26.2 Å². The minimum absolute atomic E-state index is 0.174. The molecule has 0 bridgehead atoms. The number of nitrogens with one attached hydrogen (secondary N) is 2. The number of hydrogen-bond donors (Lipinski definition) is 1. The predicted octanol–water partition coefficient (Wildman–Crippen LogP) is 2.50. The molecule has 0 radical (unpaired) electrons. The molecule has 0 aromatic rings. The Labute approximate surface area is 100.0 Å². The Morgan fingerprint density at radius 1 is 1.64 bits per heavy atom. The Bertz CT molecular complexity index is 175. The lowest BCUT2D eigenvalue weighted by molar-refractivity contribution is -0.0292. The molecular weight excluding hydrogens is 293 g/mol. The van der Waals surface area contributed by atoms with Gasteiger partial charge in [-0.15, -0.1) is 5.54 Å². The first-order valence-corrected chi connectivity index (χ1v) is 5.98. The number of nitrogens with zero attached hydrogens (tertiary/aromatic N) is 1. The second-order valence-corrected chi connectivity index (χ2v) is 5.86. The molecule has 5 heteroatoms. The van der Waals surface area contributed by atoms with E-state index in [0.29, 0.717) is 6.73 Å². The van der Waals surface area contributed by atoms with E-state index in [4.69, 9.17) is 10.6 Å². The van der Waals surface area contributed by atoms with Crippen LogP contribution in [0.1, 0.15) is 32.6 Å². The summed E-state index contributed by atoms with van der Waals surface area (Å²) in [4.78, 5) is 5.32. The average Bonchev–Trinajstić information content (AvgIpc) is 2.07. The molecule has 0 aromatic heterocycles. The molecule has 0 spiro atoms. The summed E-state index contributed by atoms with van der Waals surface area (Å²) in [7, 11) is 1.95. The van der Waals surface area contributed by atoms with Gasteiger partial charge in [-0.3, -0.25) is 4.84 Å². The third-order valence-electron chi connectivity index (χ3n) is 2.68. The fourth-order valence-corrected chi connectivity index (χ4v) is 1.89. The van der Waals surface area contributed by atoms with Crippen molar-refractivity contribution in [2.24, 2.45) is 0 Å². The molecule has 1 rings (SSSR count). The molecule has 2 N–H and O–H groups in total. The summed E-state index contributed by atoms with van der Waals surface area (Å²) in [6, 6.07) is 0.174. The maximum Gasteiger partial charge on any atom is 0.129 e. The number of hydroxylamine groups is 1. The summed E-state index contributed by atoms with van der Waals surface area (Å²) in [6.07, 6.45) is 4.39. The van der Waals surface area contributed by atoms with Crippen molar-refractivity contribution in [3.8, 4) is 0 Å². The average molecular weight is 312 g/mol. The Balaban J connectivity index is 2.27. The second kappa shape index (κ2) is 5.60. The van der Waals surface area contributed by atoms with Gasteiger partial charge >= 0.3 is 0 Å². The molecule has 1 fully saturated rings. The SMILES string of the molecule is CN(I)CONC1CCCCC1(C)[NH-]. The van der Waals surface area contributed by atoms with Crippen LogP contribution in [0.15, 0.2) is 0 Å². The van der Waals surface area contributed by atoms with E-state index in [9.17, 15) is 0 Å². The molecule has 0 heterocycles.